The number of ether oxygens (including phenoxy) is 1. The summed E-state index contributed by atoms with van der Waals surface area (Å²) in [6.45, 7) is 3.69. The lowest BCUT2D eigenvalue weighted by atomic mass is 9.99. The van der Waals surface area contributed by atoms with Gasteiger partial charge in [0.05, 0.1) is 25.5 Å². The summed E-state index contributed by atoms with van der Waals surface area (Å²) >= 11 is 0. The molecule has 1 amide bonds. The van der Waals surface area contributed by atoms with Crippen LogP contribution in [0.15, 0.2) is 6.20 Å². The third-order valence-electron chi connectivity index (χ3n) is 5.43. The highest BCUT2D eigenvalue weighted by Crippen LogP contribution is 2.42. The van der Waals surface area contributed by atoms with E-state index < -0.39 is 0 Å². The number of hydrogen-bond donors (Lipinski definition) is 0. The van der Waals surface area contributed by atoms with Gasteiger partial charge >= 0.3 is 0 Å². The molecule has 1 aromatic heterocycles. The van der Waals surface area contributed by atoms with Gasteiger partial charge in [-0.05, 0) is 12.8 Å². The van der Waals surface area contributed by atoms with Crippen molar-refractivity contribution in [2.24, 2.45) is 0 Å². The molecule has 24 heavy (non-hydrogen) atoms. The molecule has 7 nitrogen and oxygen atoms in total. The average Bonchev–Trinajstić information content (AvgIpc) is 2.87. The number of carbonyl (C=O) groups excluding carboxylic acids is 1. The highest BCUT2D eigenvalue weighted by atomic mass is 16.5. The summed E-state index contributed by atoms with van der Waals surface area (Å²) in [6.07, 6.45) is 5.14. The third-order valence-corrected chi connectivity index (χ3v) is 5.43. The number of nitrogens with zero attached hydrogens (tertiary/aromatic N) is 5. The summed E-state index contributed by atoms with van der Waals surface area (Å²) in [5, 5.41) is 0. The van der Waals surface area contributed by atoms with E-state index in [1.807, 2.05) is 20.3 Å². The maximum absolute atomic E-state index is 12.1. The quantitative estimate of drug-likeness (QED) is 0.802. The zero-order valence-electron chi connectivity index (χ0n) is 14.4. The van der Waals surface area contributed by atoms with Crippen molar-refractivity contribution in [3.8, 4) is 0 Å². The van der Waals surface area contributed by atoms with E-state index in [0.29, 0.717) is 18.6 Å². The molecule has 0 N–H and O–H groups in total. The molecule has 4 rings (SSSR count). The Labute approximate surface area is 142 Å². The fraction of sp³-hybridized carbons (Fsp3) is 0.706. The molecule has 2 atom stereocenters. The maximum Gasteiger partial charge on any atom is 0.236 e. The molecule has 4 heterocycles. The van der Waals surface area contributed by atoms with Gasteiger partial charge in [-0.1, -0.05) is 0 Å². The van der Waals surface area contributed by atoms with Crippen LogP contribution in [0.1, 0.15) is 30.1 Å². The topological polar surface area (TPSA) is 61.8 Å². The minimum atomic E-state index is 0.168. The molecule has 0 aliphatic carbocycles. The van der Waals surface area contributed by atoms with Crippen LogP contribution in [-0.4, -0.2) is 78.7 Å². The largest absolute Gasteiger partial charge is 0.378 e. The van der Waals surface area contributed by atoms with Crippen molar-refractivity contribution in [3.63, 3.8) is 0 Å². The van der Waals surface area contributed by atoms with Crippen molar-refractivity contribution in [1.82, 2.24) is 19.8 Å². The Hall–Kier alpha value is -1.73. The minimum Gasteiger partial charge on any atom is -0.378 e. The highest BCUT2D eigenvalue weighted by molar-refractivity contribution is 5.77. The average molecular weight is 331 g/mol. The molecule has 2 saturated heterocycles. The number of aromatic nitrogens is 2. The van der Waals surface area contributed by atoms with Crippen LogP contribution in [0.3, 0.4) is 0 Å². The Morgan fingerprint density at radius 2 is 2.12 bits per heavy atom. The minimum absolute atomic E-state index is 0.168. The predicted molar refractivity (Wildman–Crippen MR) is 89.9 cm³/mol. The Kier molecular flexibility index (Phi) is 4.14. The van der Waals surface area contributed by atoms with E-state index in [0.717, 1.165) is 51.5 Å². The first kappa shape index (κ1) is 15.8. The Morgan fingerprint density at radius 3 is 2.88 bits per heavy atom. The molecule has 0 spiro atoms. The number of fused-ring (bicyclic) bond motifs is 4. The molecular formula is C17H25N5O2. The molecule has 3 aliphatic heterocycles. The molecule has 2 fully saturated rings. The summed E-state index contributed by atoms with van der Waals surface area (Å²) in [7, 11) is 3.64. The zero-order chi connectivity index (χ0) is 16.7. The number of morpholine rings is 1. The lowest BCUT2D eigenvalue weighted by Crippen LogP contribution is -2.44. The number of carbonyl (C=O) groups is 1. The molecule has 0 saturated carbocycles. The molecule has 0 radical (unpaired) electrons. The van der Waals surface area contributed by atoms with E-state index >= 15 is 0 Å². The second-order valence-corrected chi connectivity index (χ2v) is 7.08. The predicted octanol–water partition coefficient (Wildman–Crippen LogP) is 0.463. The first-order valence-electron chi connectivity index (χ1n) is 8.78. The smallest absolute Gasteiger partial charge is 0.236 e. The van der Waals surface area contributed by atoms with E-state index in [9.17, 15) is 4.79 Å². The highest BCUT2D eigenvalue weighted by Gasteiger charge is 2.41. The lowest BCUT2D eigenvalue weighted by Gasteiger charge is -2.36. The van der Waals surface area contributed by atoms with Crippen molar-refractivity contribution < 1.29 is 9.53 Å². The van der Waals surface area contributed by atoms with Gasteiger partial charge in [0.15, 0.2) is 0 Å². The van der Waals surface area contributed by atoms with Gasteiger partial charge in [0.25, 0.3) is 0 Å². The van der Waals surface area contributed by atoms with Crippen LogP contribution in [0.4, 0.5) is 5.95 Å². The van der Waals surface area contributed by atoms with Crippen LogP contribution in [0.2, 0.25) is 0 Å². The third kappa shape index (κ3) is 2.75. The van der Waals surface area contributed by atoms with E-state index in [1.165, 1.54) is 11.3 Å². The second kappa shape index (κ2) is 6.29. The normalized spacial score (nSPS) is 26.3. The van der Waals surface area contributed by atoms with Gasteiger partial charge in [-0.25, -0.2) is 9.97 Å². The van der Waals surface area contributed by atoms with Gasteiger partial charge in [-0.2, -0.15) is 0 Å². The van der Waals surface area contributed by atoms with Crippen molar-refractivity contribution in [2.75, 3.05) is 51.8 Å². The van der Waals surface area contributed by atoms with Gasteiger partial charge in [0.2, 0.25) is 11.9 Å². The van der Waals surface area contributed by atoms with Crippen LogP contribution in [0, 0.1) is 0 Å². The molecule has 2 bridgehead atoms. The maximum atomic E-state index is 12.1. The van der Waals surface area contributed by atoms with Crippen LogP contribution >= 0.6 is 0 Å². The fourth-order valence-electron chi connectivity index (χ4n) is 4.02. The summed E-state index contributed by atoms with van der Waals surface area (Å²) in [6, 6.07) is 0.722. The number of amides is 1. The first-order valence-corrected chi connectivity index (χ1v) is 8.78. The van der Waals surface area contributed by atoms with Crippen molar-refractivity contribution in [3.05, 3.63) is 17.5 Å². The standard InChI is InChI=1S/C17H25N5O2/c1-20(2)16(23)11-22-12-3-4-15(22)13-10-18-17(19-14(13)9-12)21-5-7-24-8-6-21/h10,12,15H,3-9,11H2,1-2H3. The van der Waals surface area contributed by atoms with E-state index in [1.54, 1.807) is 4.90 Å². The zero-order valence-corrected chi connectivity index (χ0v) is 14.4. The first-order chi connectivity index (χ1) is 11.6. The van der Waals surface area contributed by atoms with E-state index in [-0.39, 0.29) is 5.91 Å². The molecule has 7 heteroatoms. The van der Waals surface area contributed by atoms with Gasteiger partial charge in [-0.3, -0.25) is 9.69 Å². The number of rotatable bonds is 3. The van der Waals surface area contributed by atoms with Gasteiger partial charge < -0.3 is 14.5 Å². The Balaban J connectivity index is 1.56. The molecule has 0 aromatic carbocycles. The van der Waals surface area contributed by atoms with E-state index in [4.69, 9.17) is 9.72 Å². The number of anilines is 1. The summed E-state index contributed by atoms with van der Waals surface area (Å²) in [5.74, 6) is 0.996. The summed E-state index contributed by atoms with van der Waals surface area (Å²) < 4.78 is 5.41. The van der Waals surface area contributed by atoms with Gasteiger partial charge in [0, 0.05) is 57.4 Å². The number of likely N-dealkylation sites (N-methyl/N-ethyl adjacent to an activating group) is 1. The molecule has 1 aromatic rings. The van der Waals surface area contributed by atoms with Crippen LogP contribution in [0.5, 0.6) is 0 Å². The molecule has 130 valence electrons. The van der Waals surface area contributed by atoms with Crippen LogP contribution in [-0.2, 0) is 16.0 Å². The van der Waals surface area contributed by atoms with Crippen molar-refractivity contribution in [1.29, 1.82) is 0 Å². The SMILES string of the molecule is CN(C)C(=O)CN1C2CCC1c1cnc(N3CCOCC3)nc1C2. The Morgan fingerprint density at radius 1 is 1.33 bits per heavy atom. The second-order valence-electron chi connectivity index (χ2n) is 7.08. The van der Waals surface area contributed by atoms with Crippen molar-refractivity contribution >= 4 is 11.9 Å². The summed E-state index contributed by atoms with van der Waals surface area (Å²) in [4.78, 5) is 27.8. The molecular weight excluding hydrogens is 306 g/mol. The van der Waals surface area contributed by atoms with Gasteiger partial charge in [0.1, 0.15) is 0 Å². The van der Waals surface area contributed by atoms with Crippen molar-refractivity contribution in [2.45, 2.75) is 31.3 Å². The van der Waals surface area contributed by atoms with Gasteiger partial charge in [-0.15, -0.1) is 0 Å². The Bertz CT molecular complexity index is 629. The molecule has 2 unspecified atom stereocenters. The fourth-order valence-corrected chi connectivity index (χ4v) is 4.02. The van der Waals surface area contributed by atoms with E-state index in [2.05, 4.69) is 14.8 Å². The monoisotopic (exact) mass is 331 g/mol. The number of hydrogen-bond acceptors (Lipinski definition) is 6. The van der Waals surface area contributed by atoms with Crippen LogP contribution < -0.4 is 4.90 Å². The summed E-state index contributed by atoms with van der Waals surface area (Å²) in [5.41, 5.74) is 2.39. The molecule has 3 aliphatic rings. The lowest BCUT2D eigenvalue weighted by molar-refractivity contribution is -0.130. The van der Waals surface area contributed by atoms with Crippen LogP contribution in [0.25, 0.3) is 0 Å².